The number of benzene rings is 3. The zero-order chi connectivity index (χ0) is 24.6. The Kier molecular flexibility index (Phi) is 8.86. The van der Waals surface area contributed by atoms with Crippen LogP contribution in [-0.4, -0.2) is 11.1 Å². The highest BCUT2D eigenvalue weighted by Gasteiger charge is 2.17. The maximum atomic E-state index is 14.4. The molecule has 0 saturated heterocycles. The van der Waals surface area contributed by atoms with E-state index in [1.165, 1.54) is 25.3 Å². The van der Waals surface area contributed by atoms with E-state index in [0.717, 1.165) is 28.7 Å². The molecule has 4 heteroatoms. The number of carboxylic acids is 1. The van der Waals surface area contributed by atoms with Gasteiger partial charge in [-0.3, -0.25) is 4.79 Å². The van der Waals surface area contributed by atoms with Gasteiger partial charge in [-0.05, 0) is 58.7 Å². The van der Waals surface area contributed by atoms with Gasteiger partial charge in [-0.2, -0.15) is 0 Å². The molecule has 0 bridgehead atoms. The summed E-state index contributed by atoms with van der Waals surface area (Å²) < 4.78 is 20.4. The van der Waals surface area contributed by atoms with Crippen LogP contribution in [0.25, 0.3) is 11.1 Å². The summed E-state index contributed by atoms with van der Waals surface area (Å²) in [6, 6.07) is 20.4. The molecule has 0 aliphatic heterocycles. The number of ether oxygens (including phenoxy) is 1. The van der Waals surface area contributed by atoms with Crippen LogP contribution >= 0.6 is 0 Å². The van der Waals surface area contributed by atoms with E-state index in [9.17, 15) is 9.18 Å². The Hall–Kier alpha value is -3.14. The molecule has 4 rings (SSSR count). The minimum atomic E-state index is -0.812. The van der Waals surface area contributed by atoms with Crippen molar-refractivity contribution in [1.29, 1.82) is 0 Å². The van der Waals surface area contributed by atoms with Gasteiger partial charge in [-0.1, -0.05) is 88.6 Å². The van der Waals surface area contributed by atoms with E-state index in [4.69, 9.17) is 9.84 Å². The summed E-state index contributed by atoms with van der Waals surface area (Å²) in [5.41, 5.74) is 4.61. The van der Waals surface area contributed by atoms with Crippen molar-refractivity contribution in [3.8, 4) is 16.9 Å². The van der Waals surface area contributed by atoms with Gasteiger partial charge >= 0.3 is 5.97 Å². The van der Waals surface area contributed by atoms with Crippen LogP contribution in [-0.2, 0) is 24.2 Å². The van der Waals surface area contributed by atoms with E-state index < -0.39 is 5.97 Å². The van der Waals surface area contributed by atoms with E-state index in [-0.39, 0.29) is 17.7 Å². The lowest BCUT2D eigenvalue weighted by Crippen LogP contribution is -2.11. The van der Waals surface area contributed by atoms with E-state index in [2.05, 4.69) is 26.8 Å². The van der Waals surface area contributed by atoms with E-state index >= 15 is 0 Å². The third-order valence-electron chi connectivity index (χ3n) is 5.34. The van der Waals surface area contributed by atoms with Gasteiger partial charge in [0.15, 0.2) is 0 Å². The molecule has 0 atom stereocenters. The van der Waals surface area contributed by atoms with Crippen LogP contribution in [0.1, 0.15) is 63.1 Å². The van der Waals surface area contributed by atoms with Crippen LogP contribution in [0.5, 0.6) is 5.75 Å². The maximum absolute atomic E-state index is 14.4. The van der Waals surface area contributed by atoms with Crippen LogP contribution in [0.3, 0.4) is 0 Å². The lowest BCUT2D eigenvalue weighted by Gasteiger charge is -2.22. The molecule has 34 heavy (non-hydrogen) atoms. The largest absolute Gasteiger partial charge is 0.489 e. The average molecular weight is 463 g/mol. The summed E-state index contributed by atoms with van der Waals surface area (Å²) in [6.45, 7) is 6.90. The Morgan fingerprint density at radius 2 is 1.65 bits per heavy atom. The minimum Gasteiger partial charge on any atom is -0.489 e. The van der Waals surface area contributed by atoms with E-state index in [1.54, 1.807) is 6.07 Å². The second-order valence-corrected chi connectivity index (χ2v) is 10.1. The average Bonchev–Trinajstić information content (AvgIpc) is 3.66. The lowest BCUT2D eigenvalue weighted by atomic mass is 9.84. The van der Waals surface area contributed by atoms with E-state index in [0.29, 0.717) is 24.3 Å². The summed E-state index contributed by atoms with van der Waals surface area (Å²) in [5, 5.41) is 8.87. The fourth-order valence-corrected chi connectivity index (χ4v) is 3.61. The fourth-order valence-electron chi connectivity index (χ4n) is 3.61. The van der Waals surface area contributed by atoms with Crippen molar-refractivity contribution in [2.24, 2.45) is 5.41 Å². The molecule has 0 unspecified atom stereocenters. The first-order chi connectivity index (χ1) is 16.2. The highest BCUT2D eigenvalue weighted by molar-refractivity contribution is 5.68. The third-order valence-corrected chi connectivity index (χ3v) is 5.34. The molecular weight excluding hydrogens is 427 g/mol. The van der Waals surface area contributed by atoms with Gasteiger partial charge in [0.1, 0.15) is 18.2 Å². The molecular formula is C30H35FO3. The molecule has 0 heterocycles. The molecule has 3 aromatic rings. The number of hydrogen-bond donors (Lipinski definition) is 1. The molecule has 3 aromatic carbocycles. The second-order valence-electron chi connectivity index (χ2n) is 10.1. The summed E-state index contributed by atoms with van der Waals surface area (Å²) in [6.07, 6.45) is 5.88. The van der Waals surface area contributed by atoms with Gasteiger partial charge in [0.05, 0.1) is 0 Å². The summed E-state index contributed by atoms with van der Waals surface area (Å²) in [7, 11) is 0. The molecule has 0 amide bonds. The Morgan fingerprint density at radius 3 is 2.29 bits per heavy atom. The monoisotopic (exact) mass is 462 g/mol. The number of aryl methyl sites for hydroxylation is 1. The SMILES string of the molecule is C1CC1.CC(C)(C)Cc1cc(COc2cccc(CCC(=O)O)c2)ccc1-c1ccccc1F. The van der Waals surface area contributed by atoms with Crippen LogP contribution in [0.4, 0.5) is 4.39 Å². The minimum absolute atomic E-state index is 0.0535. The van der Waals surface area contributed by atoms with Crippen molar-refractivity contribution in [3.63, 3.8) is 0 Å². The molecule has 1 saturated carbocycles. The van der Waals surface area contributed by atoms with Gasteiger partial charge in [0, 0.05) is 12.0 Å². The van der Waals surface area contributed by atoms with E-state index in [1.807, 2.05) is 48.5 Å². The summed E-state index contributed by atoms with van der Waals surface area (Å²) in [5.74, 6) is -0.328. The molecule has 0 aromatic heterocycles. The quantitative estimate of drug-likeness (QED) is 0.371. The molecule has 180 valence electrons. The molecule has 0 radical (unpaired) electrons. The predicted molar refractivity (Wildman–Crippen MR) is 136 cm³/mol. The summed E-state index contributed by atoms with van der Waals surface area (Å²) in [4.78, 5) is 10.8. The van der Waals surface area contributed by atoms with Crippen molar-refractivity contribution in [2.45, 2.75) is 65.9 Å². The highest BCUT2D eigenvalue weighted by Crippen LogP contribution is 2.32. The van der Waals surface area contributed by atoms with Crippen LogP contribution < -0.4 is 4.74 Å². The molecule has 1 aliphatic carbocycles. The molecule has 0 spiro atoms. The predicted octanol–water partition coefficient (Wildman–Crippen LogP) is 7.85. The van der Waals surface area contributed by atoms with Crippen molar-refractivity contribution in [2.75, 3.05) is 0 Å². The zero-order valence-corrected chi connectivity index (χ0v) is 20.4. The Labute approximate surface area is 202 Å². The van der Waals surface area contributed by atoms with Crippen molar-refractivity contribution < 1.29 is 19.0 Å². The fraction of sp³-hybridized carbons (Fsp3) is 0.367. The smallest absolute Gasteiger partial charge is 0.303 e. The Morgan fingerprint density at radius 1 is 0.912 bits per heavy atom. The molecule has 3 nitrogen and oxygen atoms in total. The zero-order valence-electron chi connectivity index (χ0n) is 20.4. The number of hydrogen-bond acceptors (Lipinski definition) is 2. The van der Waals surface area contributed by atoms with Crippen LogP contribution in [0.2, 0.25) is 0 Å². The summed E-state index contributed by atoms with van der Waals surface area (Å²) >= 11 is 0. The highest BCUT2D eigenvalue weighted by atomic mass is 19.1. The topological polar surface area (TPSA) is 46.5 Å². The molecule has 1 aliphatic rings. The lowest BCUT2D eigenvalue weighted by molar-refractivity contribution is -0.136. The van der Waals surface area contributed by atoms with Gasteiger partial charge < -0.3 is 9.84 Å². The van der Waals surface area contributed by atoms with Crippen LogP contribution in [0.15, 0.2) is 66.7 Å². The first-order valence-corrected chi connectivity index (χ1v) is 12.0. The number of aliphatic carboxylic acids is 1. The standard InChI is InChI=1S/C27H29FO3.C3H6/c1-27(2,3)17-21-15-20(11-13-23(21)24-9-4-5-10-25(24)28)18-31-22-8-6-7-19(16-22)12-14-26(29)30;1-2-3-1/h4-11,13,15-16H,12,14,17-18H2,1-3H3,(H,29,30);1-3H2. The number of rotatable bonds is 8. The maximum Gasteiger partial charge on any atom is 0.303 e. The van der Waals surface area contributed by atoms with Crippen LogP contribution in [0, 0.1) is 11.2 Å². The molecule has 1 N–H and O–H groups in total. The van der Waals surface area contributed by atoms with Gasteiger partial charge in [-0.15, -0.1) is 0 Å². The van der Waals surface area contributed by atoms with Crippen molar-refractivity contribution in [3.05, 3.63) is 89.2 Å². The van der Waals surface area contributed by atoms with Crippen molar-refractivity contribution >= 4 is 5.97 Å². The van der Waals surface area contributed by atoms with Gasteiger partial charge in [-0.25, -0.2) is 4.39 Å². The first kappa shape index (κ1) is 25.5. The number of carboxylic acid groups (broad SMARTS) is 1. The Bertz CT molecular complexity index is 1090. The van der Waals surface area contributed by atoms with Gasteiger partial charge in [0.25, 0.3) is 0 Å². The first-order valence-electron chi connectivity index (χ1n) is 12.0. The number of carbonyl (C=O) groups is 1. The third kappa shape index (κ3) is 8.66. The van der Waals surface area contributed by atoms with Crippen molar-refractivity contribution in [1.82, 2.24) is 0 Å². The van der Waals surface area contributed by atoms with Gasteiger partial charge in [0.2, 0.25) is 0 Å². The Balaban J connectivity index is 0.000000999. The molecule has 1 fully saturated rings. The number of halogens is 1. The normalized spacial score (nSPS) is 12.5. The second kappa shape index (κ2) is 11.8.